The van der Waals surface area contributed by atoms with Crippen LogP contribution >= 0.6 is 11.8 Å². The van der Waals surface area contributed by atoms with Crippen molar-refractivity contribution in [1.29, 1.82) is 0 Å². The summed E-state index contributed by atoms with van der Waals surface area (Å²) in [6.07, 6.45) is 3.36. The lowest BCUT2D eigenvalue weighted by Crippen LogP contribution is -2.22. The van der Waals surface area contributed by atoms with Gasteiger partial charge in [-0.15, -0.1) is 0 Å². The minimum absolute atomic E-state index is 0.183. The number of nitrogens with one attached hydrogen (secondary N) is 2. The smallest absolute Gasteiger partial charge is 0.251 e. The molecule has 0 atom stereocenters. The van der Waals surface area contributed by atoms with Gasteiger partial charge in [0.1, 0.15) is 12.1 Å². The first-order chi connectivity index (χ1) is 17.2. The minimum Gasteiger partial charge on any atom is -0.348 e. The van der Waals surface area contributed by atoms with Gasteiger partial charge in [-0.2, -0.15) is 10.2 Å². The number of aromatic nitrogens is 5. The Balaban J connectivity index is 1.30. The number of halogens is 1. The lowest BCUT2D eigenvalue weighted by atomic mass is 10.1. The number of thioether (sulfide) groups is 1. The van der Waals surface area contributed by atoms with Crippen molar-refractivity contribution >= 4 is 17.7 Å². The normalized spacial score (nSPS) is 10.9. The van der Waals surface area contributed by atoms with Gasteiger partial charge in [0.05, 0.1) is 11.4 Å². The minimum atomic E-state index is -0.311. The fraction of sp³-hybridized carbons (Fsp3) is 0.0769. The predicted molar refractivity (Wildman–Crippen MR) is 133 cm³/mol. The Labute approximate surface area is 205 Å². The standard InChI is InChI=1S/C26H21FN6OS/c27-22-12-10-19(11-13-22)24-21(15-33(32-24)23-4-2-1-3-5-23)14-28-25(34)20-8-6-18(7-9-20)16-35-26-29-17-30-31-26/h1-13,15,17H,14,16H2,(H,28,34)(H,29,30,31). The number of para-hydroxylation sites is 1. The summed E-state index contributed by atoms with van der Waals surface area (Å²) in [5.41, 5.74) is 4.83. The largest absolute Gasteiger partial charge is 0.348 e. The molecule has 0 unspecified atom stereocenters. The van der Waals surface area contributed by atoms with Crippen LogP contribution in [0.2, 0.25) is 0 Å². The molecule has 9 heteroatoms. The van der Waals surface area contributed by atoms with Crippen LogP contribution in [0.4, 0.5) is 4.39 Å². The van der Waals surface area contributed by atoms with Gasteiger partial charge in [-0.1, -0.05) is 42.1 Å². The summed E-state index contributed by atoms with van der Waals surface area (Å²) in [4.78, 5) is 16.9. The van der Waals surface area contributed by atoms with E-state index >= 15 is 0 Å². The number of H-pyrrole nitrogens is 1. The summed E-state index contributed by atoms with van der Waals surface area (Å²) < 4.78 is 15.2. The summed E-state index contributed by atoms with van der Waals surface area (Å²) in [6.45, 7) is 0.279. The van der Waals surface area contributed by atoms with Gasteiger partial charge in [-0.05, 0) is 54.1 Å². The van der Waals surface area contributed by atoms with Crippen molar-refractivity contribution in [3.63, 3.8) is 0 Å². The molecule has 3 aromatic carbocycles. The molecule has 5 aromatic rings. The summed E-state index contributed by atoms with van der Waals surface area (Å²) in [7, 11) is 0. The van der Waals surface area contributed by atoms with E-state index in [1.165, 1.54) is 18.5 Å². The van der Waals surface area contributed by atoms with E-state index in [1.54, 1.807) is 40.7 Å². The third-order valence-corrected chi connectivity index (χ3v) is 6.30. The second-order valence-corrected chi connectivity index (χ2v) is 8.71. The number of carbonyl (C=O) groups excluding carboxylic acids is 1. The highest BCUT2D eigenvalue weighted by Crippen LogP contribution is 2.24. The van der Waals surface area contributed by atoms with E-state index in [1.807, 2.05) is 48.7 Å². The molecule has 0 aliphatic heterocycles. The number of aromatic amines is 1. The number of hydrogen-bond donors (Lipinski definition) is 2. The lowest BCUT2D eigenvalue weighted by molar-refractivity contribution is 0.0951. The summed E-state index contributed by atoms with van der Waals surface area (Å²) in [5, 5.41) is 15.1. The quantitative estimate of drug-likeness (QED) is 0.302. The molecule has 35 heavy (non-hydrogen) atoms. The predicted octanol–water partition coefficient (Wildman–Crippen LogP) is 5.02. The van der Waals surface area contributed by atoms with Crippen LogP contribution in [0.1, 0.15) is 21.5 Å². The highest BCUT2D eigenvalue weighted by atomic mass is 32.2. The molecule has 2 aromatic heterocycles. The maximum atomic E-state index is 13.5. The molecule has 0 saturated heterocycles. The van der Waals surface area contributed by atoms with E-state index in [4.69, 9.17) is 5.10 Å². The topological polar surface area (TPSA) is 88.5 Å². The molecule has 0 aliphatic carbocycles. The summed E-state index contributed by atoms with van der Waals surface area (Å²) in [6, 6.07) is 23.4. The van der Waals surface area contributed by atoms with Crippen molar-refractivity contribution in [2.75, 3.05) is 0 Å². The van der Waals surface area contributed by atoms with Crippen LogP contribution in [0.5, 0.6) is 0 Å². The van der Waals surface area contributed by atoms with Crippen molar-refractivity contribution in [1.82, 2.24) is 30.3 Å². The van der Waals surface area contributed by atoms with Crippen molar-refractivity contribution in [2.45, 2.75) is 17.5 Å². The molecule has 7 nitrogen and oxygen atoms in total. The van der Waals surface area contributed by atoms with Crippen molar-refractivity contribution in [3.05, 3.63) is 114 Å². The van der Waals surface area contributed by atoms with Crippen LogP contribution in [0.25, 0.3) is 16.9 Å². The van der Waals surface area contributed by atoms with Gasteiger partial charge in [0, 0.05) is 35.2 Å². The van der Waals surface area contributed by atoms with Crippen LogP contribution in [-0.2, 0) is 12.3 Å². The Morgan fingerprint density at radius 1 is 1.00 bits per heavy atom. The van der Waals surface area contributed by atoms with Gasteiger partial charge < -0.3 is 5.32 Å². The first kappa shape index (κ1) is 22.5. The van der Waals surface area contributed by atoms with E-state index in [9.17, 15) is 9.18 Å². The second kappa shape index (κ2) is 10.4. The molecule has 174 valence electrons. The average Bonchev–Trinajstić information content (AvgIpc) is 3.58. The molecular formula is C26H21FN6OS. The SMILES string of the molecule is O=C(NCc1cn(-c2ccccc2)nc1-c1ccc(F)cc1)c1ccc(CSc2ncn[nH]2)cc1. The number of nitrogens with zero attached hydrogens (tertiary/aromatic N) is 4. The summed E-state index contributed by atoms with van der Waals surface area (Å²) in [5.74, 6) is 0.224. The van der Waals surface area contributed by atoms with Crippen LogP contribution in [-0.4, -0.2) is 30.9 Å². The van der Waals surface area contributed by atoms with E-state index < -0.39 is 0 Å². The Hall–Kier alpha value is -4.24. The molecule has 0 aliphatic rings. The molecule has 0 spiro atoms. The highest BCUT2D eigenvalue weighted by Gasteiger charge is 2.14. The number of rotatable bonds is 8. The van der Waals surface area contributed by atoms with Crippen molar-refractivity contribution in [3.8, 4) is 16.9 Å². The number of hydrogen-bond acceptors (Lipinski definition) is 5. The maximum absolute atomic E-state index is 13.5. The van der Waals surface area contributed by atoms with Gasteiger partial charge in [0.25, 0.3) is 5.91 Å². The van der Waals surface area contributed by atoms with E-state index in [0.717, 1.165) is 33.3 Å². The second-order valence-electron chi connectivity index (χ2n) is 7.75. The van der Waals surface area contributed by atoms with E-state index in [0.29, 0.717) is 11.3 Å². The van der Waals surface area contributed by atoms with Crippen LogP contribution < -0.4 is 5.32 Å². The lowest BCUT2D eigenvalue weighted by Gasteiger charge is -2.07. The van der Waals surface area contributed by atoms with Crippen molar-refractivity contribution < 1.29 is 9.18 Å². The number of carbonyl (C=O) groups is 1. The summed E-state index contributed by atoms with van der Waals surface area (Å²) >= 11 is 1.54. The maximum Gasteiger partial charge on any atom is 0.251 e. The molecule has 1 amide bonds. The third-order valence-electron chi connectivity index (χ3n) is 5.35. The third kappa shape index (κ3) is 5.47. The van der Waals surface area contributed by atoms with Crippen LogP contribution in [0.15, 0.2) is 96.5 Å². The zero-order valence-electron chi connectivity index (χ0n) is 18.6. The Morgan fingerprint density at radius 2 is 1.77 bits per heavy atom. The average molecular weight is 485 g/mol. The van der Waals surface area contributed by atoms with Crippen LogP contribution in [0, 0.1) is 5.82 Å². The molecule has 5 rings (SSSR count). The fourth-order valence-corrected chi connectivity index (χ4v) is 4.28. The Kier molecular flexibility index (Phi) is 6.67. The zero-order chi connectivity index (χ0) is 24.0. The zero-order valence-corrected chi connectivity index (χ0v) is 19.4. The fourth-order valence-electron chi connectivity index (χ4n) is 3.55. The van der Waals surface area contributed by atoms with Gasteiger partial charge in [-0.25, -0.2) is 14.1 Å². The number of amides is 1. The Morgan fingerprint density at radius 3 is 2.49 bits per heavy atom. The number of benzene rings is 3. The molecule has 0 fully saturated rings. The first-order valence-corrected chi connectivity index (χ1v) is 11.9. The van der Waals surface area contributed by atoms with E-state index in [-0.39, 0.29) is 18.3 Å². The molecule has 2 heterocycles. The van der Waals surface area contributed by atoms with Gasteiger partial charge in [0.15, 0.2) is 5.16 Å². The monoisotopic (exact) mass is 484 g/mol. The molecular weight excluding hydrogens is 463 g/mol. The van der Waals surface area contributed by atoms with Gasteiger partial charge in [0.2, 0.25) is 0 Å². The van der Waals surface area contributed by atoms with Gasteiger partial charge in [-0.3, -0.25) is 9.89 Å². The highest BCUT2D eigenvalue weighted by molar-refractivity contribution is 7.98. The molecule has 0 radical (unpaired) electrons. The Bertz CT molecular complexity index is 1400. The first-order valence-electron chi connectivity index (χ1n) is 10.9. The van der Waals surface area contributed by atoms with Gasteiger partial charge >= 0.3 is 0 Å². The van der Waals surface area contributed by atoms with Crippen LogP contribution in [0.3, 0.4) is 0 Å². The van der Waals surface area contributed by atoms with Crippen molar-refractivity contribution in [2.24, 2.45) is 0 Å². The molecule has 0 saturated carbocycles. The molecule has 2 N–H and O–H groups in total. The van der Waals surface area contributed by atoms with E-state index in [2.05, 4.69) is 20.5 Å². The molecule has 0 bridgehead atoms.